The van der Waals surface area contributed by atoms with Crippen LogP contribution in [0.2, 0.25) is 10.0 Å². The fourth-order valence-corrected chi connectivity index (χ4v) is 2.31. The maximum Gasteiger partial charge on any atom is 0.165 e. The van der Waals surface area contributed by atoms with Crippen LogP contribution in [0.1, 0.15) is 19.2 Å². The number of nitrogens with zero attached hydrogens (tertiary/aromatic N) is 3. The lowest BCUT2D eigenvalue weighted by Crippen LogP contribution is -2.09. The molecule has 0 spiro atoms. The number of aromatic nitrogens is 3. The van der Waals surface area contributed by atoms with Crippen LogP contribution in [0.5, 0.6) is 0 Å². The molecule has 0 unspecified atom stereocenters. The van der Waals surface area contributed by atoms with Crippen molar-refractivity contribution in [2.75, 3.05) is 0 Å². The number of benzene rings is 1. The van der Waals surface area contributed by atoms with Crippen molar-refractivity contribution < 1.29 is 0 Å². The molecule has 0 amide bonds. The lowest BCUT2D eigenvalue weighted by molar-refractivity contribution is 0.644. The molecule has 0 aliphatic rings. The minimum absolute atomic E-state index is 0.359. The van der Waals surface area contributed by atoms with E-state index in [2.05, 4.69) is 17.1 Å². The van der Waals surface area contributed by atoms with Crippen molar-refractivity contribution in [2.24, 2.45) is 5.73 Å². The van der Waals surface area contributed by atoms with Gasteiger partial charge < -0.3 is 10.3 Å². The molecule has 0 aliphatic carbocycles. The van der Waals surface area contributed by atoms with Gasteiger partial charge in [-0.2, -0.15) is 0 Å². The molecule has 2 N–H and O–H groups in total. The molecule has 18 heavy (non-hydrogen) atoms. The summed E-state index contributed by atoms with van der Waals surface area (Å²) in [4.78, 5) is 0. The normalized spacial score (nSPS) is 10.9. The molecule has 1 heterocycles. The van der Waals surface area contributed by atoms with Gasteiger partial charge in [0.2, 0.25) is 0 Å². The molecule has 1 aromatic carbocycles. The Labute approximate surface area is 116 Å². The Morgan fingerprint density at radius 3 is 2.67 bits per heavy atom. The van der Waals surface area contributed by atoms with Gasteiger partial charge in [-0.3, -0.25) is 0 Å². The summed E-state index contributed by atoms with van der Waals surface area (Å²) in [6, 6.07) is 5.34. The van der Waals surface area contributed by atoms with Gasteiger partial charge in [0.1, 0.15) is 5.82 Å². The molecule has 1 aromatic heterocycles. The van der Waals surface area contributed by atoms with Gasteiger partial charge in [-0.25, -0.2) is 0 Å². The van der Waals surface area contributed by atoms with E-state index in [0.29, 0.717) is 16.6 Å². The number of hydrogen-bond donors (Lipinski definition) is 1. The van der Waals surface area contributed by atoms with Gasteiger partial charge in [-0.1, -0.05) is 30.1 Å². The third kappa shape index (κ3) is 2.51. The first-order chi connectivity index (χ1) is 8.67. The molecule has 0 saturated heterocycles. The predicted molar refractivity (Wildman–Crippen MR) is 73.7 cm³/mol. The first-order valence-electron chi connectivity index (χ1n) is 5.75. The molecule has 6 heteroatoms. The molecule has 4 nitrogen and oxygen atoms in total. The topological polar surface area (TPSA) is 56.7 Å². The zero-order valence-electron chi connectivity index (χ0n) is 10.0. The van der Waals surface area contributed by atoms with E-state index < -0.39 is 0 Å². The summed E-state index contributed by atoms with van der Waals surface area (Å²) in [5.74, 6) is 1.50. The predicted octanol–water partition coefficient (Wildman–Crippen LogP) is 3.12. The van der Waals surface area contributed by atoms with Crippen molar-refractivity contribution >= 4 is 23.2 Å². The minimum atomic E-state index is 0.359. The van der Waals surface area contributed by atoms with Crippen LogP contribution in [0.4, 0.5) is 0 Å². The lowest BCUT2D eigenvalue weighted by atomic mass is 10.2. The highest BCUT2D eigenvalue weighted by molar-refractivity contribution is 6.36. The Bertz CT molecular complexity index is 551. The van der Waals surface area contributed by atoms with Crippen LogP contribution in [0.15, 0.2) is 18.2 Å². The van der Waals surface area contributed by atoms with E-state index in [0.717, 1.165) is 30.2 Å². The first-order valence-corrected chi connectivity index (χ1v) is 6.50. The Hall–Kier alpha value is -1.10. The lowest BCUT2D eigenvalue weighted by Gasteiger charge is -2.09. The van der Waals surface area contributed by atoms with Gasteiger partial charge in [0.25, 0.3) is 0 Å². The van der Waals surface area contributed by atoms with Gasteiger partial charge in [0.05, 0.1) is 11.6 Å². The van der Waals surface area contributed by atoms with Crippen LogP contribution < -0.4 is 5.73 Å². The van der Waals surface area contributed by atoms with E-state index in [1.807, 2.05) is 10.6 Å². The fraction of sp³-hybridized carbons (Fsp3) is 0.333. The smallest absolute Gasteiger partial charge is 0.165 e. The maximum absolute atomic E-state index is 6.19. The second kappa shape index (κ2) is 5.69. The van der Waals surface area contributed by atoms with Crippen LogP contribution in [0.25, 0.3) is 11.4 Å². The molecular weight excluding hydrogens is 271 g/mol. The summed E-state index contributed by atoms with van der Waals surface area (Å²) in [6.07, 6.45) is 0.975. The summed E-state index contributed by atoms with van der Waals surface area (Å²) in [7, 11) is 0. The SMILES string of the molecule is CCCn1c(CN)nnc1-c1ccc(Cl)cc1Cl. The Morgan fingerprint density at radius 1 is 1.28 bits per heavy atom. The van der Waals surface area contributed by atoms with E-state index >= 15 is 0 Å². The van der Waals surface area contributed by atoms with Gasteiger partial charge in [-0.05, 0) is 24.6 Å². The van der Waals surface area contributed by atoms with Crippen molar-refractivity contribution in [1.82, 2.24) is 14.8 Å². The second-order valence-electron chi connectivity index (χ2n) is 3.92. The molecular formula is C12H14Cl2N4. The van der Waals surface area contributed by atoms with Crippen molar-refractivity contribution in [3.63, 3.8) is 0 Å². The largest absolute Gasteiger partial charge is 0.324 e. The number of halogens is 2. The van der Waals surface area contributed by atoms with E-state index in [1.165, 1.54) is 0 Å². The zero-order valence-corrected chi connectivity index (χ0v) is 11.5. The van der Waals surface area contributed by atoms with Gasteiger partial charge in [0, 0.05) is 17.1 Å². The Balaban J connectivity index is 2.52. The fourth-order valence-electron chi connectivity index (χ4n) is 1.81. The monoisotopic (exact) mass is 284 g/mol. The average Bonchev–Trinajstić information content (AvgIpc) is 2.73. The van der Waals surface area contributed by atoms with Crippen molar-refractivity contribution in [3.8, 4) is 11.4 Å². The third-order valence-electron chi connectivity index (χ3n) is 2.63. The van der Waals surface area contributed by atoms with E-state index in [1.54, 1.807) is 12.1 Å². The molecule has 2 aromatic rings. The molecule has 2 rings (SSSR count). The van der Waals surface area contributed by atoms with Crippen LogP contribution in [-0.2, 0) is 13.1 Å². The summed E-state index contributed by atoms with van der Waals surface area (Å²) in [6.45, 7) is 3.26. The Morgan fingerprint density at radius 2 is 2.06 bits per heavy atom. The summed E-state index contributed by atoms with van der Waals surface area (Å²) < 4.78 is 2.00. The molecule has 96 valence electrons. The minimum Gasteiger partial charge on any atom is -0.324 e. The average molecular weight is 285 g/mol. The van der Waals surface area contributed by atoms with E-state index in [4.69, 9.17) is 28.9 Å². The van der Waals surface area contributed by atoms with Crippen molar-refractivity contribution in [2.45, 2.75) is 26.4 Å². The maximum atomic E-state index is 6.19. The van der Waals surface area contributed by atoms with Crippen LogP contribution in [0, 0.1) is 0 Å². The molecule has 0 fully saturated rings. The van der Waals surface area contributed by atoms with Crippen LogP contribution in [0.3, 0.4) is 0 Å². The Kier molecular flexibility index (Phi) is 4.22. The van der Waals surface area contributed by atoms with Crippen molar-refractivity contribution in [3.05, 3.63) is 34.1 Å². The van der Waals surface area contributed by atoms with E-state index in [-0.39, 0.29) is 0 Å². The van der Waals surface area contributed by atoms with E-state index in [9.17, 15) is 0 Å². The van der Waals surface area contributed by atoms with Crippen LogP contribution in [-0.4, -0.2) is 14.8 Å². The highest BCUT2D eigenvalue weighted by Gasteiger charge is 2.14. The third-order valence-corrected chi connectivity index (χ3v) is 3.18. The molecule has 0 atom stereocenters. The molecule has 0 aliphatic heterocycles. The number of hydrogen-bond acceptors (Lipinski definition) is 3. The van der Waals surface area contributed by atoms with Gasteiger partial charge in [-0.15, -0.1) is 10.2 Å². The molecule has 0 saturated carbocycles. The standard InChI is InChI=1S/C12H14Cl2N4/c1-2-5-18-11(7-15)16-17-12(18)9-4-3-8(13)6-10(9)14/h3-4,6H,2,5,7,15H2,1H3. The van der Waals surface area contributed by atoms with Crippen LogP contribution >= 0.6 is 23.2 Å². The highest BCUT2D eigenvalue weighted by Crippen LogP contribution is 2.29. The highest BCUT2D eigenvalue weighted by atomic mass is 35.5. The number of rotatable bonds is 4. The first kappa shape index (κ1) is 13.3. The van der Waals surface area contributed by atoms with Gasteiger partial charge >= 0.3 is 0 Å². The molecule has 0 bridgehead atoms. The summed E-state index contributed by atoms with van der Waals surface area (Å²) >= 11 is 12.1. The second-order valence-corrected chi connectivity index (χ2v) is 4.76. The number of nitrogens with two attached hydrogens (primary N) is 1. The molecule has 0 radical (unpaired) electrons. The quantitative estimate of drug-likeness (QED) is 0.939. The summed E-state index contributed by atoms with van der Waals surface area (Å²) in [5, 5.41) is 9.43. The zero-order chi connectivity index (χ0) is 13.1. The van der Waals surface area contributed by atoms with Gasteiger partial charge in [0.15, 0.2) is 5.82 Å². The summed E-state index contributed by atoms with van der Waals surface area (Å²) in [5.41, 5.74) is 6.48. The van der Waals surface area contributed by atoms with Crippen molar-refractivity contribution in [1.29, 1.82) is 0 Å².